The van der Waals surface area contributed by atoms with Crippen molar-refractivity contribution in [1.82, 2.24) is 15.0 Å². The van der Waals surface area contributed by atoms with E-state index >= 15 is 0 Å². The Bertz CT molecular complexity index is 1040. The summed E-state index contributed by atoms with van der Waals surface area (Å²) in [6, 6.07) is 18.2. The van der Waals surface area contributed by atoms with Gasteiger partial charge in [-0.3, -0.25) is 9.78 Å². The lowest BCUT2D eigenvalue weighted by molar-refractivity contribution is -0.122. The van der Waals surface area contributed by atoms with Gasteiger partial charge in [0.05, 0.1) is 4.90 Å². The second-order valence-corrected chi connectivity index (χ2v) is 9.02. The van der Waals surface area contributed by atoms with E-state index in [-0.39, 0.29) is 17.9 Å². The minimum absolute atomic E-state index is 0.0979. The zero-order chi connectivity index (χ0) is 20.7. The molecule has 0 aliphatic heterocycles. The molecule has 0 saturated heterocycles. The predicted octanol–water partition coefficient (Wildman–Crippen LogP) is 3.05. The Labute approximate surface area is 178 Å². The Balaban J connectivity index is 1.78. The van der Waals surface area contributed by atoms with Crippen molar-refractivity contribution in [3.8, 4) is 0 Å². The van der Waals surface area contributed by atoms with Crippen LogP contribution in [0.25, 0.3) is 0 Å². The highest BCUT2D eigenvalue weighted by Gasteiger charge is 2.26. The minimum atomic E-state index is -3.87. The zero-order valence-corrected chi connectivity index (χ0v) is 17.9. The van der Waals surface area contributed by atoms with Crippen LogP contribution in [0.5, 0.6) is 0 Å². The second kappa shape index (κ2) is 9.78. The van der Waals surface area contributed by atoms with Gasteiger partial charge < -0.3 is 5.32 Å². The Kier molecular flexibility index (Phi) is 7.13. The zero-order valence-electron chi connectivity index (χ0n) is 15.5. The smallest absolute Gasteiger partial charge is 0.241 e. The number of pyridine rings is 1. The fourth-order valence-electron chi connectivity index (χ4n) is 2.72. The predicted molar refractivity (Wildman–Crippen MR) is 114 cm³/mol. The highest BCUT2D eigenvalue weighted by molar-refractivity contribution is 9.10. The average molecular weight is 474 g/mol. The quantitative estimate of drug-likeness (QED) is 0.526. The van der Waals surface area contributed by atoms with E-state index in [4.69, 9.17) is 0 Å². The summed E-state index contributed by atoms with van der Waals surface area (Å²) in [4.78, 5) is 16.9. The highest BCUT2D eigenvalue weighted by Crippen LogP contribution is 2.16. The number of benzene rings is 2. The molecule has 0 aliphatic carbocycles. The molecule has 3 rings (SSSR count). The number of carbonyl (C=O) groups is 1. The molecule has 2 N–H and O–H groups in total. The largest absolute Gasteiger partial charge is 0.351 e. The van der Waals surface area contributed by atoms with E-state index in [9.17, 15) is 13.2 Å². The van der Waals surface area contributed by atoms with Gasteiger partial charge in [0.25, 0.3) is 0 Å². The van der Waals surface area contributed by atoms with Crippen LogP contribution in [0, 0.1) is 0 Å². The lowest BCUT2D eigenvalue weighted by atomic mass is 10.1. The van der Waals surface area contributed by atoms with Gasteiger partial charge in [0.2, 0.25) is 15.9 Å². The number of amides is 1. The van der Waals surface area contributed by atoms with Gasteiger partial charge in [-0.05, 0) is 53.9 Å². The van der Waals surface area contributed by atoms with Crippen LogP contribution in [-0.4, -0.2) is 25.4 Å². The van der Waals surface area contributed by atoms with Crippen LogP contribution >= 0.6 is 15.9 Å². The van der Waals surface area contributed by atoms with Gasteiger partial charge in [-0.2, -0.15) is 4.72 Å². The van der Waals surface area contributed by atoms with Crippen LogP contribution in [0.3, 0.4) is 0 Å². The third-order valence-electron chi connectivity index (χ3n) is 4.24. The van der Waals surface area contributed by atoms with Crippen molar-refractivity contribution in [2.75, 3.05) is 0 Å². The van der Waals surface area contributed by atoms with Crippen LogP contribution in [0.2, 0.25) is 0 Å². The molecule has 0 radical (unpaired) electrons. The van der Waals surface area contributed by atoms with Gasteiger partial charge in [-0.1, -0.05) is 46.3 Å². The van der Waals surface area contributed by atoms with Crippen molar-refractivity contribution < 1.29 is 13.2 Å². The van der Waals surface area contributed by atoms with Gasteiger partial charge >= 0.3 is 0 Å². The first-order valence-electron chi connectivity index (χ1n) is 8.92. The van der Waals surface area contributed by atoms with Crippen LogP contribution < -0.4 is 10.0 Å². The number of sulfonamides is 1. The molecular formula is C21H20BrN3O3S. The van der Waals surface area contributed by atoms with Crippen LogP contribution in [0.1, 0.15) is 11.1 Å². The number of carbonyl (C=O) groups excluding carboxylic acids is 1. The van der Waals surface area contributed by atoms with Gasteiger partial charge in [0.15, 0.2) is 0 Å². The Morgan fingerprint density at radius 1 is 0.931 bits per heavy atom. The first-order chi connectivity index (χ1) is 13.9. The van der Waals surface area contributed by atoms with E-state index in [0.717, 1.165) is 15.6 Å². The third-order valence-corrected chi connectivity index (χ3v) is 6.25. The molecule has 0 unspecified atom stereocenters. The number of halogens is 1. The summed E-state index contributed by atoms with van der Waals surface area (Å²) in [7, 11) is -3.87. The van der Waals surface area contributed by atoms with Gasteiger partial charge in [-0.25, -0.2) is 8.42 Å². The second-order valence-electron chi connectivity index (χ2n) is 6.39. The molecule has 0 saturated carbocycles. The molecule has 0 spiro atoms. The van der Waals surface area contributed by atoms with Crippen molar-refractivity contribution in [2.45, 2.75) is 23.9 Å². The number of rotatable bonds is 8. The van der Waals surface area contributed by atoms with E-state index in [1.807, 2.05) is 30.3 Å². The standard InChI is InChI=1S/C21H20BrN3O3S/c22-18-6-8-19(9-7-18)29(27,28)25-20(14-16-4-2-1-3-5-16)21(26)24-15-17-10-12-23-13-11-17/h1-13,20,25H,14-15H2,(H,24,26)/t20-/m0/s1. The molecule has 3 aromatic rings. The Morgan fingerprint density at radius 3 is 2.24 bits per heavy atom. The number of aromatic nitrogens is 1. The van der Waals surface area contributed by atoms with Crippen molar-refractivity contribution in [2.24, 2.45) is 0 Å². The number of hydrogen-bond acceptors (Lipinski definition) is 4. The van der Waals surface area contributed by atoms with E-state index in [0.29, 0.717) is 0 Å². The molecule has 1 aromatic heterocycles. The monoisotopic (exact) mass is 473 g/mol. The van der Waals surface area contributed by atoms with Gasteiger partial charge in [-0.15, -0.1) is 0 Å². The number of hydrogen-bond donors (Lipinski definition) is 2. The van der Waals surface area contributed by atoms with Crippen LogP contribution in [0.15, 0.2) is 88.5 Å². The molecule has 0 bridgehead atoms. The van der Waals surface area contributed by atoms with E-state index in [2.05, 4.69) is 31.0 Å². The minimum Gasteiger partial charge on any atom is -0.351 e. The summed E-state index contributed by atoms with van der Waals surface area (Å²) in [6.07, 6.45) is 3.51. The normalized spacial score (nSPS) is 12.3. The summed E-state index contributed by atoms with van der Waals surface area (Å²) in [6.45, 7) is 0.284. The number of nitrogens with zero attached hydrogens (tertiary/aromatic N) is 1. The first kappa shape index (κ1) is 21.2. The topological polar surface area (TPSA) is 88.2 Å². The summed E-state index contributed by atoms with van der Waals surface area (Å²) < 4.78 is 28.9. The van der Waals surface area contributed by atoms with Crippen molar-refractivity contribution in [3.05, 3.63) is 94.7 Å². The summed E-state index contributed by atoms with van der Waals surface area (Å²) in [5, 5.41) is 2.80. The molecule has 1 heterocycles. The molecule has 29 heavy (non-hydrogen) atoms. The lowest BCUT2D eigenvalue weighted by Crippen LogP contribution is -2.47. The van der Waals surface area contributed by atoms with Crippen LogP contribution in [-0.2, 0) is 27.8 Å². The van der Waals surface area contributed by atoms with Gasteiger partial charge in [0.1, 0.15) is 6.04 Å². The summed E-state index contributed by atoms with van der Waals surface area (Å²) in [5.41, 5.74) is 1.73. The molecule has 0 fully saturated rings. The van der Waals surface area contributed by atoms with Crippen molar-refractivity contribution in [3.63, 3.8) is 0 Å². The Hall–Kier alpha value is -2.55. The summed E-state index contributed by atoms with van der Waals surface area (Å²) in [5.74, 6) is -0.397. The SMILES string of the molecule is O=C(NCc1ccncc1)[C@H](Cc1ccccc1)NS(=O)(=O)c1ccc(Br)cc1. The molecule has 2 aromatic carbocycles. The molecule has 8 heteroatoms. The fraction of sp³-hybridized carbons (Fsp3) is 0.143. The lowest BCUT2D eigenvalue weighted by Gasteiger charge is -2.19. The first-order valence-corrected chi connectivity index (χ1v) is 11.2. The molecule has 1 atom stereocenters. The maximum atomic E-state index is 12.8. The van der Waals surface area contributed by atoms with E-state index in [1.54, 1.807) is 36.7 Å². The van der Waals surface area contributed by atoms with Crippen molar-refractivity contribution >= 4 is 31.9 Å². The highest BCUT2D eigenvalue weighted by atomic mass is 79.9. The third kappa shape index (κ3) is 6.22. The average Bonchev–Trinajstić information content (AvgIpc) is 2.73. The fourth-order valence-corrected chi connectivity index (χ4v) is 4.18. The maximum absolute atomic E-state index is 12.8. The van der Waals surface area contributed by atoms with E-state index in [1.165, 1.54) is 12.1 Å². The van der Waals surface area contributed by atoms with E-state index < -0.39 is 22.0 Å². The molecular weight excluding hydrogens is 454 g/mol. The molecule has 0 aliphatic rings. The maximum Gasteiger partial charge on any atom is 0.241 e. The van der Waals surface area contributed by atoms with Gasteiger partial charge in [0, 0.05) is 23.4 Å². The Morgan fingerprint density at radius 2 is 1.59 bits per heavy atom. The number of nitrogens with one attached hydrogen (secondary N) is 2. The van der Waals surface area contributed by atoms with Crippen LogP contribution in [0.4, 0.5) is 0 Å². The summed E-state index contributed by atoms with van der Waals surface area (Å²) >= 11 is 3.29. The molecule has 6 nitrogen and oxygen atoms in total. The molecule has 150 valence electrons. The van der Waals surface area contributed by atoms with Crippen molar-refractivity contribution in [1.29, 1.82) is 0 Å². The molecule has 1 amide bonds.